The van der Waals surface area contributed by atoms with Crippen LogP contribution in [0.4, 0.5) is 10.1 Å². The van der Waals surface area contributed by atoms with Crippen molar-refractivity contribution >= 4 is 27.6 Å². The fourth-order valence-electron chi connectivity index (χ4n) is 4.45. The summed E-state index contributed by atoms with van der Waals surface area (Å²) >= 11 is 0. The Morgan fingerprint density at radius 2 is 1.78 bits per heavy atom. The van der Waals surface area contributed by atoms with Crippen molar-refractivity contribution in [3.8, 4) is 33.8 Å². The molecule has 5 aromatic heterocycles. The lowest BCUT2D eigenvalue weighted by Crippen LogP contribution is -2.20. The Hall–Kier alpha value is -4.63. The smallest absolute Gasteiger partial charge is 0.135 e. The minimum atomic E-state index is -0.302. The Bertz CT molecular complexity index is 1700. The van der Waals surface area contributed by atoms with Gasteiger partial charge in [0.25, 0.3) is 0 Å². The quantitative estimate of drug-likeness (QED) is 0.278. The molecule has 0 unspecified atom stereocenters. The number of hydrogen-bond donors (Lipinski definition) is 3. The summed E-state index contributed by atoms with van der Waals surface area (Å²) in [6.07, 6.45) is 7.03. The molecule has 0 fully saturated rings. The number of H-pyrrole nitrogens is 2. The predicted molar refractivity (Wildman–Crippen MR) is 145 cm³/mol. The second kappa shape index (κ2) is 9.44. The first-order chi connectivity index (χ1) is 18.0. The van der Waals surface area contributed by atoms with Crippen LogP contribution >= 0.6 is 0 Å². The predicted octanol–water partition coefficient (Wildman–Crippen LogP) is 5.34. The van der Waals surface area contributed by atoms with Gasteiger partial charge in [-0.2, -0.15) is 5.10 Å². The molecule has 0 spiro atoms. The van der Waals surface area contributed by atoms with E-state index in [4.69, 9.17) is 4.98 Å². The maximum atomic E-state index is 14.6. The van der Waals surface area contributed by atoms with Crippen LogP contribution in [-0.2, 0) is 0 Å². The Kier molecular flexibility index (Phi) is 5.82. The second-order valence-electron chi connectivity index (χ2n) is 9.19. The van der Waals surface area contributed by atoms with Gasteiger partial charge in [0.15, 0.2) is 0 Å². The summed E-state index contributed by atoms with van der Waals surface area (Å²) < 4.78 is 14.6. The highest BCUT2D eigenvalue weighted by Crippen LogP contribution is 2.34. The molecule has 0 saturated carbocycles. The third-order valence-electron chi connectivity index (χ3n) is 6.28. The Morgan fingerprint density at radius 3 is 2.62 bits per heavy atom. The van der Waals surface area contributed by atoms with Gasteiger partial charge in [-0.1, -0.05) is 0 Å². The molecule has 6 aromatic rings. The van der Waals surface area contributed by atoms with Crippen LogP contribution in [0.15, 0.2) is 73.3 Å². The highest BCUT2D eigenvalue weighted by Gasteiger charge is 2.16. The molecule has 5 heterocycles. The first-order valence-electron chi connectivity index (χ1n) is 12.0. The molecule has 8 nitrogen and oxygen atoms in total. The topological polar surface area (TPSA) is 98.4 Å². The van der Waals surface area contributed by atoms with E-state index >= 15 is 0 Å². The van der Waals surface area contributed by atoms with Crippen LogP contribution in [0.3, 0.4) is 0 Å². The zero-order valence-electron chi connectivity index (χ0n) is 20.5. The van der Waals surface area contributed by atoms with Gasteiger partial charge in [0.2, 0.25) is 0 Å². The number of benzene rings is 1. The van der Waals surface area contributed by atoms with E-state index in [0.29, 0.717) is 12.2 Å². The minimum absolute atomic E-state index is 0.302. The monoisotopic (exact) mass is 492 g/mol. The maximum Gasteiger partial charge on any atom is 0.135 e. The molecule has 1 aromatic carbocycles. The van der Waals surface area contributed by atoms with Gasteiger partial charge in [0.1, 0.15) is 17.0 Å². The molecule has 3 N–H and O–H groups in total. The highest BCUT2D eigenvalue weighted by molar-refractivity contribution is 6.00. The molecule has 184 valence electrons. The lowest BCUT2D eigenvalue weighted by molar-refractivity contribution is 0.425. The van der Waals surface area contributed by atoms with Crippen LogP contribution in [0, 0.1) is 5.82 Å². The number of likely N-dealkylation sites (N-methyl/N-ethyl adjacent to an activating group) is 1. The fraction of sp³-hybridized carbons (Fsp3) is 0.143. The van der Waals surface area contributed by atoms with Crippen LogP contribution in [0.25, 0.3) is 55.7 Å². The zero-order chi connectivity index (χ0) is 25.4. The van der Waals surface area contributed by atoms with Crippen molar-refractivity contribution in [1.29, 1.82) is 0 Å². The minimum Gasteiger partial charge on any atom is -0.384 e. The summed E-state index contributed by atoms with van der Waals surface area (Å²) in [5.74, 6) is -0.302. The fourth-order valence-corrected chi connectivity index (χ4v) is 4.45. The van der Waals surface area contributed by atoms with Crippen LogP contribution < -0.4 is 5.32 Å². The Labute approximate surface area is 212 Å². The number of fused-ring (bicyclic) bond motifs is 2. The average molecular weight is 493 g/mol. The summed E-state index contributed by atoms with van der Waals surface area (Å²) in [6.45, 7) is 1.56. The largest absolute Gasteiger partial charge is 0.384 e. The number of nitrogens with one attached hydrogen (secondary N) is 3. The van der Waals surface area contributed by atoms with E-state index in [9.17, 15) is 4.39 Å². The molecule has 0 atom stereocenters. The van der Waals surface area contributed by atoms with Crippen molar-refractivity contribution < 1.29 is 4.39 Å². The molecule has 0 aliphatic rings. The third kappa shape index (κ3) is 4.52. The van der Waals surface area contributed by atoms with Crippen LogP contribution in [0.1, 0.15) is 0 Å². The molecule has 0 aliphatic carbocycles. The molecular weight excluding hydrogens is 467 g/mol. The van der Waals surface area contributed by atoms with Gasteiger partial charge in [-0.25, -0.2) is 9.37 Å². The highest BCUT2D eigenvalue weighted by atomic mass is 19.1. The number of aromatic amines is 2. The number of anilines is 1. The first kappa shape index (κ1) is 22.8. The van der Waals surface area contributed by atoms with Gasteiger partial charge in [-0.3, -0.25) is 15.1 Å². The van der Waals surface area contributed by atoms with Gasteiger partial charge >= 0.3 is 0 Å². The third-order valence-corrected chi connectivity index (χ3v) is 6.28. The maximum absolute atomic E-state index is 14.6. The second-order valence-corrected chi connectivity index (χ2v) is 9.19. The normalized spacial score (nSPS) is 11.6. The zero-order valence-corrected chi connectivity index (χ0v) is 20.5. The van der Waals surface area contributed by atoms with Crippen molar-refractivity contribution in [2.75, 3.05) is 32.5 Å². The van der Waals surface area contributed by atoms with Crippen molar-refractivity contribution in [2.24, 2.45) is 0 Å². The van der Waals surface area contributed by atoms with E-state index in [0.717, 1.165) is 62.2 Å². The summed E-state index contributed by atoms with van der Waals surface area (Å²) in [6, 6.07) is 14.8. The molecule has 0 bridgehead atoms. The van der Waals surface area contributed by atoms with Crippen molar-refractivity contribution in [3.63, 3.8) is 0 Å². The summed E-state index contributed by atoms with van der Waals surface area (Å²) in [5.41, 5.74) is 8.07. The lowest BCUT2D eigenvalue weighted by atomic mass is 10.0. The van der Waals surface area contributed by atoms with Gasteiger partial charge in [-0.05, 0) is 68.2 Å². The van der Waals surface area contributed by atoms with Gasteiger partial charge in [-0.15, -0.1) is 0 Å². The summed E-state index contributed by atoms with van der Waals surface area (Å²) in [7, 11) is 4.01. The van der Waals surface area contributed by atoms with E-state index in [1.807, 2.05) is 50.5 Å². The van der Waals surface area contributed by atoms with Crippen LogP contribution in [0.5, 0.6) is 0 Å². The van der Waals surface area contributed by atoms with E-state index in [1.165, 1.54) is 12.1 Å². The standard InChI is InChI=1S/C28H25FN8/c1-37(2)10-9-32-20-12-18(11-19(29)13-20)22-15-31-16-26-21(22)14-25(33-26)28-27-24(35-36-28)4-3-23(34-27)17-5-7-30-8-6-17/h3-8,11-16,32-33H,9-10H2,1-2H3,(H,35,36). The number of nitrogens with zero attached hydrogens (tertiary/aromatic N) is 5. The summed E-state index contributed by atoms with van der Waals surface area (Å²) in [5, 5.41) is 11.9. The van der Waals surface area contributed by atoms with Crippen LogP contribution in [-0.4, -0.2) is 62.2 Å². The van der Waals surface area contributed by atoms with E-state index in [-0.39, 0.29) is 5.82 Å². The van der Waals surface area contributed by atoms with Crippen molar-refractivity contribution in [2.45, 2.75) is 0 Å². The van der Waals surface area contributed by atoms with Crippen LogP contribution in [0.2, 0.25) is 0 Å². The number of pyridine rings is 3. The van der Waals surface area contributed by atoms with E-state index in [1.54, 1.807) is 24.8 Å². The Balaban J connectivity index is 1.41. The molecule has 0 aliphatic heterocycles. The average Bonchev–Trinajstić information content (AvgIpc) is 3.52. The molecule has 0 radical (unpaired) electrons. The summed E-state index contributed by atoms with van der Waals surface area (Å²) in [4.78, 5) is 18.9. The van der Waals surface area contributed by atoms with E-state index < -0.39 is 0 Å². The Morgan fingerprint density at radius 1 is 0.919 bits per heavy atom. The van der Waals surface area contributed by atoms with Crippen molar-refractivity contribution in [3.05, 3.63) is 79.1 Å². The number of hydrogen-bond acceptors (Lipinski definition) is 6. The van der Waals surface area contributed by atoms with Gasteiger partial charge in [0, 0.05) is 53.9 Å². The molecule has 37 heavy (non-hydrogen) atoms. The van der Waals surface area contributed by atoms with Crippen molar-refractivity contribution in [1.82, 2.24) is 35.0 Å². The first-order valence-corrected chi connectivity index (χ1v) is 12.0. The molecule has 9 heteroatoms. The number of aromatic nitrogens is 6. The lowest BCUT2D eigenvalue weighted by Gasteiger charge is -2.13. The molecule has 6 rings (SSSR count). The number of halogens is 1. The van der Waals surface area contributed by atoms with Gasteiger partial charge < -0.3 is 15.2 Å². The molecular formula is C28H25FN8. The molecule has 0 amide bonds. The van der Waals surface area contributed by atoms with E-state index in [2.05, 4.69) is 35.4 Å². The van der Waals surface area contributed by atoms with Gasteiger partial charge in [0.05, 0.1) is 28.6 Å². The molecule has 0 saturated heterocycles. The SMILES string of the molecule is CN(C)CCNc1cc(F)cc(-c2cncc3[nH]c(-c4n[nH]c5ccc(-c6ccncc6)nc45)cc23)c1. The number of rotatable bonds is 7.